The van der Waals surface area contributed by atoms with Crippen molar-refractivity contribution in [1.29, 1.82) is 0 Å². The predicted molar refractivity (Wildman–Crippen MR) is 113 cm³/mol. The van der Waals surface area contributed by atoms with Gasteiger partial charge in [-0.3, -0.25) is 19.0 Å². The summed E-state index contributed by atoms with van der Waals surface area (Å²) < 4.78 is 26.1. The molecule has 3 aromatic rings. The van der Waals surface area contributed by atoms with Crippen molar-refractivity contribution in [3.63, 3.8) is 0 Å². The predicted octanol–water partition coefficient (Wildman–Crippen LogP) is 0.550. The average Bonchev–Trinajstić information content (AvgIpc) is 3.28. The molecule has 1 aliphatic rings. The molecule has 0 saturated carbocycles. The van der Waals surface area contributed by atoms with Crippen LogP contribution in [0.4, 0.5) is 11.4 Å². The number of carbonyl (C=O) groups excluding carboxylic acids is 2. The van der Waals surface area contributed by atoms with Crippen LogP contribution in [0.5, 0.6) is 0 Å². The minimum atomic E-state index is -3.11. The molecule has 162 valence electrons. The molecule has 4 rings (SSSR count). The molecule has 1 aliphatic heterocycles. The fraction of sp³-hybridized carbons (Fsp3) is 0.316. The van der Waals surface area contributed by atoms with Crippen molar-refractivity contribution in [3.8, 4) is 0 Å². The highest BCUT2D eigenvalue weighted by Gasteiger charge is 2.31. The largest absolute Gasteiger partial charge is 0.326 e. The van der Waals surface area contributed by atoms with Gasteiger partial charge in [-0.05, 0) is 30.7 Å². The van der Waals surface area contributed by atoms with Crippen molar-refractivity contribution in [2.24, 2.45) is 0 Å². The molecule has 0 radical (unpaired) electrons. The van der Waals surface area contributed by atoms with E-state index in [0.717, 1.165) is 0 Å². The summed E-state index contributed by atoms with van der Waals surface area (Å²) in [6.45, 7) is 1.15. The van der Waals surface area contributed by atoms with Crippen molar-refractivity contribution in [1.82, 2.24) is 19.3 Å². The molecule has 0 aliphatic carbocycles. The number of hydrogen-bond donors (Lipinski definition) is 2. The van der Waals surface area contributed by atoms with E-state index < -0.39 is 21.3 Å². The van der Waals surface area contributed by atoms with E-state index in [2.05, 4.69) is 20.7 Å². The molecule has 0 bridgehead atoms. The van der Waals surface area contributed by atoms with Gasteiger partial charge in [-0.25, -0.2) is 18.1 Å². The minimum Gasteiger partial charge on any atom is -0.326 e. The normalized spacial score (nSPS) is 17.5. The lowest BCUT2D eigenvalue weighted by Crippen LogP contribution is -2.28. The zero-order chi connectivity index (χ0) is 22.2. The maximum absolute atomic E-state index is 12.8. The Balaban J connectivity index is 1.49. The number of carbonyl (C=O) groups is 2. The summed E-state index contributed by atoms with van der Waals surface area (Å²) in [7, 11) is -3.11. The Kier molecular flexibility index (Phi) is 5.31. The maximum atomic E-state index is 12.8. The molecule has 2 N–H and O–H groups in total. The minimum absolute atomic E-state index is 0.0301. The number of fused-ring (bicyclic) bond motifs is 1. The number of benzene rings is 1. The first kappa shape index (κ1) is 20.7. The first-order valence-corrected chi connectivity index (χ1v) is 11.3. The molecule has 2 aromatic heterocycles. The fourth-order valence-corrected chi connectivity index (χ4v) is 5.20. The van der Waals surface area contributed by atoms with Crippen LogP contribution in [0, 0.1) is 0 Å². The molecule has 1 fully saturated rings. The highest BCUT2D eigenvalue weighted by Crippen LogP contribution is 2.25. The monoisotopic (exact) mass is 444 g/mol. The Morgan fingerprint density at radius 2 is 1.84 bits per heavy atom. The van der Waals surface area contributed by atoms with Crippen LogP contribution in [0.3, 0.4) is 0 Å². The molecule has 1 saturated heterocycles. The lowest BCUT2D eigenvalue weighted by Gasteiger charge is -2.10. The summed E-state index contributed by atoms with van der Waals surface area (Å²) in [4.78, 5) is 40.4. The smallest absolute Gasteiger partial charge is 0.264 e. The molecule has 31 heavy (non-hydrogen) atoms. The van der Waals surface area contributed by atoms with E-state index in [-0.39, 0.29) is 35.4 Å². The summed E-state index contributed by atoms with van der Waals surface area (Å²) in [5.41, 5.74) is 0.977. The van der Waals surface area contributed by atoms with Gasteiger partial charge in [0.2, 0.25) is 11.8 Å². The van der Waals surface area contributed by atoms with Crippen molar-refractivity contribution in [2.45, 2.75) is 25.9 Å². The maximum Gasteiger partial charge on any atom is 0.264 e. The molecule has 3 heterocycles. The van der Waals surface area contributed by atoms with Crippen LogP contribution in [-0.2, 0) is 26.0 Å². The molecule has 0 spiro atoms. The van der Waals surface area contributed by atoms with Gasteiger partial charge in [-0.2, -0.15) is 5.10 Å². The van der Waals surface area contributed by atoms with Crippen molar-refractivity contribution in [3.05, 3.63) is 47.1 Å². The quantitative estimate of drug-likeness (QED) is 0.584. The first-order valence-electron chi connectivity index (χ1n) is 9.52. The van der Waals surface area contributed by atoms with E-state index in [0.29, 0.717) is 23.4 Å². The SMILES string of the molecule is CC(=O)Nc1ccc(NC(=O)Cn2cnc3c(cnn3C3CCS(=O)(=O)C3)c2=O)cc1. The molecule has 1 unspecified atom stereocenters. The lowest BCUT2D eigenvalue weighted by molar-refractivity contribution is -0.117. The highest BCUT2D eigenvalue weighted by atomic mass is 32.2. The standard InChI is InChI=1S/C19H20N6O5S/c1-12(26)22-13-2-4-14(5-3-13)23-17(27)9-24-11-20-18-16(19(24)28)8-21-25(18)15-6-7-31(29,30)10-15/h2-5,8,11,15H,6-7,9-10H2,1H3,(H,22,26)(H,23,27). The Hall–Kier alpha value is -3.54. The van der Waals surface area contributed by atoms with Crippen molar-refractivity contribution >= 4 is 44.1 Å². The molecular weight excluding hydrogens is 424 g/mol. The highest BCUT2D eigenvalue weighted by molar-refractivity contribution is 7.91. The van der Waals surface area contributed by atoms with E-state index in [4.69, 9.17) is 0 Å². The van der Waals surface area contributed by atoms with Crippen LogP contribution in [0.25, 0.3) is 11.0 Å². The van der Waals surface area contributed by atoms with Gasteiger partial charge in [0.1, 0.15) is 18.3 Å². The van der Waals surface area contributed by atoms with Crippen LogP contribution in [0.1, 0.15) is 19.4 Å². The molecule has 12 heteroatoms. The molecule has 1 aromatic carbocycles. The summed E-state index contributed by atoms with van der Waals surface area (Å²) in [6.07, 6.45) is 3.03. The fourth-order valence-electron chi connectivity index (χ4n) is 3.51. The van der Waals surface area contributed by atoms with Gasteiger partial charge in [0.05, 0.1) is 23.7 Å². The van der Waals surface area contributed by atoms with Gasteiger partial charge >= 0.3 is 0 Å². The topological polar surface area (TPSA) is 145 Å². The summed E-state index contributed by atoms with van der Waals surface area (Å²) >= 11 is 0. The Labute approximate surface area is 177 Å². The Morgan fingerprint density at radius 3 is 2.45 bits per heavy atom. The van der Waals surface area contributed by atoms with Gasteiger partial charge in [0.15, 0.2) is 15.5 Å². The lowest BCUT2D eigenvalue weighted by atomic mass is 10.2. The second kappa shape index (κ2) is 7.95. The number of amides is 2. The Bertz CT molecular complexity index is 1330. The second-order valence-electron chi connectivity index (χ2n) is 7.37. The zero-order valence-corrected chi connectivity index (χ0v) is 17.4. The summed E-state index contributed by atoms with van der Waals surface area (Å²) in [5, 5.41) is 9.70. The third-order valence-corrected chi connectivity index (χ3v) is 6.69. The molecule has 11 nitrogen and oxygen atoms in total. The second-order valence-corrected chi connectivity index (χ2v) is 9.60. The number of hydrogen-bond acceptors (Lipinski definition) is 7. The number of sulfone groups is 1. The summed E-state index contributed by atoms with van der Waals surface area (Å²) in [5.74, 6) is -0.568. The first-order chi connectivity index (χ1) is 14.7. The van der Waals surface area contributed by atoms with Crippen molar-refractivity contribution < 1.29 is 18.0 Å². The van der Waals surface area contributed by atoms with Gasteiger partial charge in [-0.15, -0.1) is 0 Å². The van der Waals surface area contributed by atoms with Crippen molar-refractivity contribution in [2.75, 3.05) is 22.1 Å². The van der Waals surface area contributed by atoms with Crippen LogP contribution < -0.4 is 16.2 Å². The third-order valence-electron chi connectivity index (χ3n) is 4.94. The van der Waals surface area contributed by atoms with E-state index >= 15 is 0 Å². The number of rotatable bonds is 5. The van der Waals surface area contributed by atoms with Gasteiger partial charge in [0.25, 0.3) is 5.56 Å². The van der Waals surface area contributed by atoms with E-state index in [1.807, 2.05) is 0 Å². The van der Waals surface area contributed by atoms with Crippen LogP contribution in [-0.4, -0.2) is 51.1 Å². The number of aromatic nitrogens is 4. The number of anilines is 2. The van der Waals surface area contributed by atoms with E-state index in [1.54, 1.807) is 24.3 Å². The third kappa shape index (κ3) is 4.48. The Morgan fingerprint density at radius 1 is 1.16 bits per heavy atom. The number of nitrogens with one attached hydrogen (secondary N) is 2. The zero-order valence-electron chi connectivity index (χ0n) is 16.6. The number of nitrogens with zero attached hydrogens (tertiary/aromatic N) is 4. The average molecular weight is 444 g/mol. The van der Waals surface area contributed by atoms with Crippen LogP contribution >= 0.6 is 0 Å². The van der Waals surface area contributed by atoms with Gasteiger partial charge in [-0.1, -0.05) is 0 Å². The van der Waals surface area contributed by atoms with Gasteiger partial charge < -0.3 is 10.6 Å². The van der Waals surface area contributed by atoms with Gasteiger partial charge in [0, 0.05) is 18.3 Å². The summed E-state index contributed by atoms with van der Waals surface area (Å²) in [6, 6.07) is 6.21. The van der Waals surface area contributed by atoms with E-state index in [9.17, 15) is 22.8 Å². The molecular formula is C19H20N6O5S. The van der Waals surface area contributed by atoms with Crippen LogP contribution in [0.2, 0.25) is 0 Å². The van der Waals surface area contributed by atoms with E-state index in [1.165, 1.54) is 28.7 Å². The van der Waals surface area contributed by atoms with Crippen LogP contribution in [0.15, 0.2) is 41.6 Å². The molecule has 1 atom stereocenters. The molecule has 2 amide bonds.